The van der Waals surface area contributed by atoms with Crippen LogP contribution in [0.4, 0.5) is 16.2 Å². The average Bonchev–Trinajstić information content (AvgIpc) is 3.42. The van der Waals surface area contributed by atoms with Gasteiger partial charge in [-0.25, -0.2) is 4.79 Å². The Bertz CT molecular complexity index is 785. The van der Waals surface area contributed by atoms with Crippen LogP contribution in [-0.2, 0) is 11.3 Å². The van der Waals surface area contributed by atoms with Crippen LogP contribution in [0.5, 0.6) is 0 Å². The predicted octanol–water partition coefficient (Wildman–Crippen LogP) is 4.36. The highest BCUT2D eigenvalue weighted by Gasteiger charge is 2.35. The van der Waals surface area contributed by atoms with Gasteiger partial charge in [-0.05, 0) is 37.0 Å². The van der Waals surface area contributed by atoms with Crippen molar-refractivity contribution in [2.75, 3.05) is 37.0 Å². The van der Waals surface area contributed by atoms with Gasteiger partial charge in [0, 0.05) is 38.7 Å². The smallest absolute Gasteiger partial charge is 0.322 e. The Balaban J connectivity index is 1.45. The fraction of sp³-hybridized carbons (Fsp3) is 0.435. The van der Waals surface area contributed by atoms with Crippen molar-refractivity contribution < 1.29 is 9.53 Å². The maximum absolute atomic E-state index is 13.1. The molecule has 5 heteroatoms. The number of hydrogen-bond donors (Lipinski definition) is 1. The maximum atomic E-state index is 13.1. The summed E-state index contributed by atoms with van der Waals surface area (Å²) in [5.41, 5.74) is 3.13. The van der Waals surface area contributed by atoms with Crippen molar-refractivity contribution in [1.82, 2.24) is 4.90 Å². The molecular formula is C23H29N3O2. The van der Waals surface area contributed by atoms with E-state index in [-0.39, 0.29) is 6.03 Å². The van der Waals surface area contributed by atoms with E-state index in [9.17, 15) is 4.79 Å². The van der Waals surface area contributed by atoms with Crippen LogP contribution >= 0.6 is 0 Å². The van der Waals surface area contributed by atoms with Gasteiger partial charge in [-0.15, -0.1) is 0 Å². The zero-order valence-corrected chi connectivity index (χ0v) is 16.5. The summed E-state index contributed by atoms with van der Waals surface area (Å²) < 4.78 is 5.50. The molecule has 4 rings (SSSR count). The molecule has 1 unspecified atom stereocenters. The number of carbonyl (C=O) groups is 1. The zero-order valence-electron chi connectivity index (χ0n) is 16.5. The van der Waals surface area contributed by atoms with Gasteiger partial charge in [0.15, 0.2) is 0 Å². The highest BCUT2D eigenvalue weighted by Crippen LogP contribution is 2.31. The van der Waals surface area contributed by atoms with Gasteiger partial charge in [0.25, 0.3) is 0 Å². The van der Waals surface area contributed by atoms with Crippen LogP contribution in [0.2, 0.25) is 0 Å². The van der Waals surface area contributed by atoms with Crippen LogP contribution in [-0.4, -0.2) is 43.8 Å². The summed E-state index contributed by atoms with van der Waals surface area (Å²) in [5.74, 6) is 0.461. The molecule has 1 aliphatic carbocycles. The van der Waals surface area contributed by atoms with Crippen LogP contribution in [0, 0.1) is 5.92 Å². The van der Waals surface area contributed by atoms with E-state index in [0.717, 1.165) is 56.9 Å². The number of rotatable bonds is 7. The van der Waals surface area contributed by atoms with E-state index < -0.39 is 0 Å². The predicted molar refractivity (Wildman–Crippen MR) is 113 cm³/mol. The van der Waals surface area contributed by atoms with E-state index in [1.807, 2.05) is 29.2 Å². The minimum Gasteiger partial charge on any atom is -0.381 e. The lowest BCUT2D eigenvalue weighted by atomic mass is 10.1. The summed E-state index contributed by atoms with van der Waals surface area (Å²) in [4.78, 5) is 17.3. The van der Waals surface area contributed by atoms with Crippen molar-refractivity contribution in [1.29, 1.82) is 0 Å². The van der Waals surface area contributed by atoms with E-state index in [0.29, 0.717) is 12.0 Å². The summed E-state index contributed by atoms with van der Waals surface area (Å²) in [6, 6.07) is 18.8. The molecule has 0 aromatic heterocycles. The Morgan fingerprint density at radius 3 is 2.54 bits per heavy atom. The molecule has 0 spiro atoms. The van der Waals surface area contributed by atoms with Gasteiger partial charge in [0.05, 0.1) is 18.0 Å². The molecule has 148 valence electrons. The van der Waals surface area contributed by atoms with Gasteiger partial charge in [-0.2, -0.15) is 0 Å². The molecule has 1 saturated carbocycles. The molecule has 0 radical (unpaired) electrons. The number of ether oxygens (including phenoxy) is 1. The van der Waals surface area contributed by atoms with Crippen molar-refractivity contribution >= 4 is 17.4 Å². The van der Waals surface area contributed by atoms with Gasteiger partial charge in [0.1, 0.15) is 0 Å². The third-order valence-electron chi connectivity index (χ3n) is 5.55. The quantitative estimate of drug-likeness (QED) is 0.778. The molecular weight excluding hydrogens is 350 g/mol. The van der Waals surface area contributed by atoms with E-state index in [1.165, 1.54) is 5.56 Å². The molecule has 2 aromatic rings. The first-order valence-corrected chi connectivity index (χ1v) is 10.2. The normalized spacial score (nSPS) is 18.7. The highest BCUT2D eigenvalue weighted by atomic mass is 16.5. The summed E-state index contributed by atoms with van der Waals surface area (Å²) in [7, 11) is 2.06. The van der Waals surface area contributed by atoms with Crippen LogP contribution in [0.3, 0.4) is 0 Å². The second kappa shape index (κ2) is 8.65. The molecule has 2 fully saturated rings. The monoisotopic (exact) mass is 379 g/mol. The second-order valence-electron chi connectivity index (χ2n) is 7.90. The lowest BCUT2D eigenvalue weighted by Crippen LogP contribution is -2.40. The number of nitrogens with one attached hydrogen (secondary N) is 1. The summed E-state index contributed by atoms with van der Waals surface area (Å²) in [6.45, 7) is 3.17. The zero-order chi connectivity index (χ0) is 19.3. The number of carbonyl (C=O) groups excluding carboxylic acids is 1. The minimum absolute atomic E-state index is 0.00922. The molecule has 0 bridgehead atoms. The van der Waals surface area contributed by atoms with Crippen molar-refractivity contribution in [3.8, 4) is 0 Å². The molecule has 2 aliphatic rings. The molecule has 2 aromatic carbocycles. The summed E-state index contributed by atoms with van der Waals surface area (Å²) >= 11 is 0. The average molecular weight is 380 g/mol. The van der Waals surface area contributed by atoms with Gasteiger partial charge in [-0.1, -0.05) is 42.5 Å². The minimum atomic E-state index is 0.00922. The van der Waals surface area contributed by atoms with Crippen LogP contribution in [0.25, 0.3) is 0 Å². The first kappa shape index (κ1) is 18.8. The van der Waals surface area contributed by atoms with E-state index >= 15 is 0 Å². The Morgan fingerprint density at radius 1 is 1.07 bits per heavy atom. The maximum Gasteiger partial charge on any atom is 0.322 e. The molecule has 28 heavy (non-hydrogen) atoms. The first-order valence-electron chi connectivity index (χ1n) is 10.2. The van der Waals surface area contributed by atoms with Crippen molar-refractivity contribution in [2.45, 2.75) is 31.8 Å². The molecule has 5 nitrogen and oxygen atoms in total. The summed E-state index contributed by atoms with van der Waals surface area (Å²) in [5, 5.41) is 3.18. The van der Waals surface area contributed by atoms with Crippen LogP contribution < -0.4 is 10.2 Å². The largest absolute Gasteiger partial charge is 0.381 e. The van der Waals surface area contributed by atoms with E-state index in [1.54, 1.807) is 0 Å². The third kappa shape index (κ3) is 4.65. The fourth-order valence-electron chi connectivity index (χ4n) is 3.83. The lowest BCUT2D eigenvalue weighted by Gasteiger charge is -2.27. The first-order chi connectivity index (χ1) is 13.7. The van der Waals surface area contributed by atoms with Crippen molar-refractivity contribution in [2.24, 2.45) is 5.92 Å². The van der Waals surface area contributed by atoms with Crippen LogP contribution in [0.15, 0.2) is 54.6 Å². The SMILES string of the molecule is CN(Cc1ccccc1)c1ccccc1NC(=O)N(CC1CCOC1)C1CC1. The van der Waals surface area contributed by atoms with Crippen LogP contribution in [0.1, 0.15) is 24.8 Å². The number of urea groups is 1. The number of benzene rings is 2. The van der Waals surface area contributed by atoms with E-state index in [4.69, 9.17) is 4.74 Å². The number of amides is 2. The summed E-state index contributed by atoms with van der Waals surface area (Å²) in [6.07, 6.45) is 3.26. The number of hydrogen-bond acceptors (Lipinski definition) is 3. The molecule has 1 aliphatic heterocycles. The molecule has 1 saturated heterocycles. The highest BCUT2D eigenvalue weighted by molar-refractivity contribution is 5.93. The molecule has 1 N–H and O–H groups in total. The molecule has 1 atom stereocenters. The molecule has 2 amide bonds. The van der Waals surface area contributed by atoms with Crippen molar-refractivity contribution in [3.05, 3.63) is 60.2 Å². The molecule has 1 heterocycles. The Labute approximate surface area is 167 Å². The Kier molecular flexibility index (Phi) is 5.81. The number of para-hydroxylation sites is 2. The Morgan fingerprint density at radius 2 is 1.82 bits per heavy atom. The standard InChI is InChI=1S/C23H29N3O2/c1-25(15-18-7-3-2-4-8-18)22-10-6-5-9-21(22)24-23(27)26(20-11-12-20)16-19-13-14-28-17-19/h2-10,19-20H,11-17H2,1H3,(H,24,27). The van der Waals surface area contributed by atoms with Gasteiger partial charge in [-0.3, -0.25) is 0 Å². The third-order valence-corrected chi connectivity index (χ3v) is 5.55. The van der Waals surface area contributed by atoms with Crippen molar-refractivity contribution in [3.63, 3.8) is 0 Å². The topological polar surface area (TPSA) is 44.8 Å². The second-order valence-corrected chi connectivity index (χ2v) is 7.90. The lowest BCUT2D eigenvalue weighted by molar-refractivity contribution is 0.167. The van der Waals surface area contributed by atoms with Gasteiger partial charge in [0.2, 0.25) is 0 Å². The van der Waals surface area contributed by atoms with E-state index in [2.05, 4.69) is 47.6 Å². The van der Waals surface area contributed by atoms with Gasteiger partial charge < -0.3 is 19.9 Å². The number of anilines is 2. The Hall–Kier alpha value is -2.53. The number of nitrogens with zero attached hydrogens (tertiary/aromatic N) is 2. The fourth-order valence-corrected chi connectivity index (χ4v) is 3.83. The van der Waals surface area contributed by atoms with Gasteiger partial charge >= 0.3 is 6.03 Å².